The highest BCUT2D eigenvalue weighted by Crippen LogP contribution is 2.48. The Bertz CT molecular complexity index is 1360. The minimum atomic E-state index is -1.75. The van der Waals surface area contributed by atoms with Crippen LogP contribution in [0.15, 0.2) is 63.7 Å². The first-order valence-electron chi connectivity index (χ1n) is 14.1. The first-order chi connectivity index (χ1) is 19.6. The Morgan fingerprint density at radius 1 is 1.15 bits per heavy atom. The van der Waals surface area contributed by atoms with E-state index in [2.05, 4.69) is 15.9 Å². The second kappa shape index (κ2) is 13.5. The molecule has 1 fully saturated rings. The molecular formula is C31H37BBrNO7. The van der Waals surface area contributed by atoms with E-state index in [0.29, 0.717) is 36.8 Å². The van der Waals surface area contributed by atoms with Crippen molar-refractivity contribution < 1.29 is 35.0 Å². The van der Waals surface area contributed by atoms with Crippen molar-refractivity contribution in [3.63, 3.8) is 0 Å². The van der Waals surface area contributed by atoms with Gasteiger partial charge in [-0.1, -0.05) is 65.6 Å². The summed E-state index contributed by atoms with van der Waals surface area (Å²) in [6.07, 6.45) is 4.40. The Hall–Kier alpha value is -2.76. The van der Waals surface area contributed by atoms with E-state index in [1.165, 1.54) is 12.1 Å². The lowest BCUT2D eigenvalue weighted by atomic mass is 9.67. The lowest BCUT2D eigenvalue weighted by molar-refractivity contribution is -0.123. The molecule has 1 saturated heterocycles. The number of amides is 2. The number of allylic oxidation sites excluding steroid dienone is 2. The number of halogens is 1. The smallest absolute Gasteiger partial charge is 0.488 e. The molecule has 4 atom stereocenters. The van der Waals surface area contributed by atoms with Crippen molar-refractivity contribution in [1.82, 2.24) is 0 Å². The Morgan fingerprint density at radius 2 is 1.90 bits per heavy atom. The van der Waals surface area contributed by atoms with E-state index in [1.807, 2.05) is 26.0 Å². The minimum Gasteiger partial charge on any atom is -0.507 e. The molecule has 0 aromatic heterocycles. The molecule has 4 rings (SSSR count). The molecule has 218 valence electrons. The number of phenolic OH excluding ortho intramolecular Hbond substituents is 1. The quantitative estimate of drug-likeness (QED) is 0.146. The molecule has 0 spiro atoms. The normalized spacial score (nSPS) is 21.9. The highest BCUT2D eigenvalue weighted by molar-refractivity contribution is 9.10. The second-order valence-electron chi connectivity index (χ2n) is 10.8. The maximum atomic E-state index is 13.7. The van der Waals surface area contributed by atoms with Crippen molar-refractivity contribution in [3.8, 4) is 5.75 Å². The van der Waals surface area contributed by atoms with Crippen molar-refractivity contribution in [1.29, 1.82) is 0 Å². The molecule has 41 heavy (non-hydrogen) atoms. The van der Waals surface area contributed by atoms with Crippen LogP contribution in [-0.4, -0.2) is 57.0 Å². The number of phenols is 1. The molecule has 2 aromatic rings. The van der Waals surface area contributed by atoms with E-state index in [1.54, 1.807) is 24.3 Å². The molecule has 0 bridgehead atoms. The zero-order valence-corrected chi connectivity index (χ0v) is 24.9. The molecule has 2 amide bonds. The number of nitrogens with zero attached hydrogens (tertiary/aromatic N) is 1. The number of benzene rings is 2. The average molecular weight is 626 g/mol. The number of rotatable bonds is 11. The molecule has 2 aromatic carbocycles. The summed E-state index contributed by atoms with van der Waals surface area (Å²) in [5.41, 5.74) is 3.69. The van der Waals surface area contributed by atoms with Crippen molar-refractivity contribution in [2.45, 2.75) is 58.5 Å². The molecule has 10 heteroatoms. The maximum absolute atomic E-state index is 13.7. The lowest BCUT2D eigenvalue weighted by Crippen LogP contribution is -2.39. The minimum absolute atomic E-state index is 0.161. The predicted molar refractivity (Wildman–Crippen MR) is 162 cm³/mol. The third-order valence-corrected chi connectivity index (χ3v) is 8.75. The molecular weight excluding hydrogens is 589 g/mol. The van der Waals surface area contributed by atoms with Gasteiger partial charge >= 0.3 is 7.12 Å². The zero-order valence-electron chi connectivity index (χ0n) is 23.3. The monoisotopic (exact) mass is 625 g/mol. The number of imide groups is 1. The van der Waals surface area contributed by atoms with Gasteiger partial charge in [0.1, 0.15) is 5.75 Å². The molecule has 5 N–H and O–H groups in total. The largest absolute Gasteiger partial charge is 0.507 e. The summed E-state index contributed by atoms with van der Waals surface area (Å²) in [4.78, 5) is 28.4. The Labute approximate surface area is 249 Å². The van der Waals surface area contributed by atoms with Crippen LogP contribution in [0.5, 0.6) is 5.75 Å². The third kappa shape index (κ3) is 6.52. The summed E-state index contributed by atoms with van der Waals surface area (Å²) in [5.74, 6) is -2.86. The first-order valence-corrected chi connectivity index (χ1v) is 14.9. The molecule has 0 unspecified atom stereocenters. The summed E-state index contributed by atoms with van der Waals surface area (Å²) in [7, 11) is -1.75. The highest BCUT2D eigenvalue weighted by atomic mass is 79.9. The van der Waals surface area contributed by atoms with Gasteiger partial charge in [-0.05, 0) is 73.5 Å². The molecule has 2 aliphatic rings. The van der Waals surface area contributed by atoms with E-state index in [4.69, 9.17) is 0 Å². The Morgan fingerprint density at radius 3 is 2.56 bits per heavy atom. The van der Waals surface area contributed by atoms with E-state index in [0.717, 1.165) is 33.4 Å². The number of aliphatic hydroxyl groups is 2. The van der Waals surface area contributed by atoms with Gasteiger partial charge in [-0.15, -0.1) is 0 Å². The van der Waals surface area contributed by atoms with Gasteiger partial charge in [-0.3, -0.25) is 14.5 Å². The van der Waals surface area contributed by atoms with Crippen molar-refractivity contribution in [2.75, 3.05) is 11.5 Å². The number of aliphatic hydroxyl groups excluding tert-OH is 2. The van der Waals surface area contributed by atoms with Gasteiger partial charge in [0.25, 0.3) is 0 Å². The second-order valence-corrected chi connectivity index (χ2v) is 11.7. The van der Waals surface area contributed by atoms with Gasteiger partial charge in [-0.25, -0.2) is 0 Å². The number of anilines is 1. The number of carbonyl (C=O) groups excluding carboxylic acids is 2. The fourth-order valence-corrected chi connectivity index (χ4v) is 6.65. The Balaban J connectivity index is 1.62. The summed E-state index contributed by atoms with van der Waals surface area (Å²) in [6, 6.07) is 11.2. The fraction of sp³-hybridized carbons (Fsp3) is 0.419. The van der Waals surface area contributed by atoms with Crippen LogP contribution in [0.2, 0.25) is 0 Å². The molecule has 1 aliphatic heterocycles. The molecule has 0 radical (unpaired) electrons. The summed E-state index contributed by atoms with van der Waals surface area (Å²) in [6.45, 7) is 3.64. The van der Waals surface area contributed by atoms with Gasteiger partial charge in [0, 0.05) is 16.0 Å². The van der Waals surface area contributed by atoms with E-state index < -0.39 is 36.9 Å². The topological polar surface area (TPSA) is 139 Å². The van der Waals surface area contributed by atoms with Gasteiger partial charge < -0.3 is 25.4 Å². The van der Waals surface area contributed by atoms with E-state index >= 15 is 0 Å². The number of carbonyl (C=O) groups is 2. The van der Waals surface area contributed by atoms with Gasteiger partial charge in [0.2, 0.25) is 11.8 Å². The lowest BCUT2D eigenvalue weighted by Gasteiger charge is -2.36. The van der Waals surface area contributed by atoms with Crippen LogP contribution in [0.25, 0.3) is 6.08 Å². The standard InChI is InChI=1S/C31H37BBrNO7/c1-3-6-19-15-24-29(31(39)34(30(24)38)23-8-5-7-21(16-23)32(40)41)25(17-35)28(19)27(37)11-9-18(4-2)13-20-14-22(33)10-12-26(20)36/h5,7-8,10,12-14,16,24-25,27,29,35-37,40-41H,3-4,6,9,11,15,17H2,1-2H3/b18-13+/t24-,25+,27-,29-/m1/s1. The van der Waals surface area contributed by atoms with Crippen LogP contribution >= 0.6 is 15.9 Å². The summed E-state index contributed by atoms with van der Waals surface area (Å²) >= 11 is 3.43. The summed E-state index contributed by atoms with van der Waals surface area (Å²) in [5, 5.41) is 51.5. The van der Waals surface area contributed by atoms with Crippen LogP contribution in [0, 0.1) is 17.8 Å². The van der Waals surface area contributed by atoms with Gasteiger partial charge in [0.15, 0.2) is 0 Å². The van der Waals surface area contributed by atoms with Crippen molar-refractivity contribution in [3.05, 3.63) is 69.2 Å². The van der Waals surface area contributed by atoms with E-state index in [9.17, 15) is 35.0 Å². The zero-order chi connectivity index (χ0) is 29.8. The number of hydrogen-bond donors (Lipinski definition) is 5. The molecule has 8 nitrogen and oxygen atoms in total. The van der Waals surface area contributed by atoms with Crippen LogP contribution in [0.3, 0.4) is 0 Å². The summed E-state index contributed by atoms with van der Waals surface area (Å²) < 4.78 is 0.845. The Kier molecular flexibility index (Phi) is 10.3. The van der Waals surface area contributed by atoms with Crippen molar-refractivity contribution in [2.24, 2.45) is 17.8 Å². The average Bonchev–Trinajstić information content (AvgIpc) is 3.20. The number of fused-ring (bicyclic) bond motifs is 1. The van der Waals surface area contributed by atoms with Crippen LogP contribution < -0.4 is 10.4 Å². The predicted octanol–water partition coefficient (Wildman–Crippen LogP) is 3.68. The van der Waals surface area contributed by atoms with Gasteiger partial charge in [0.05, 0.1) is 30.2 Å². The molecule has 1 aliphatic carbocycles. The van der Waals surface area contributed by atoms with Gasteiger partial charge in [-0.2, -0.15) is 0 Å². The van der Waals surface area contributed by atoms with E-state index in [-0.39, 0.29) is 29.4 Å². The molecule has 0 saturated carbocycles. The first kappa shape index (κ1) is 31.2. The van der Waals surface area contributed by atoms with Crippen LogP contribution in [0.1, 0.15) is 57.9 Å². The molecule has 1 heterocycles. The van der Waals surface area contributed by atoms with Crippen molar-refractivity contribution >= 4 is 52.1 Å². The van der Waals surface area contributed by atoms with Crippen LogP contribution in [-0.2, 0) is 9.59 Å². The third-order valence-electron chi connectivity index (χ3n) is 8.26. The highest BCUT2D eigenvalue weighted by Gasteiger charge is 2.55. The van der Waals surface area contributed by atoms with Crippen LogP contribution in [0.4, 0.5) is 5.69 Å². The number of hydrogen-bond acceptors (Lipinski definition) is 7. The maximum Gasteiger partial charge on any atom is 0.488 e. The SMILES string of the molecule is CCCC1=C([C@H](O)CC/C(=C/c2cc(Br)ccc2O)CC)[C@H](CO)[C@@H]2C(=O)N(c3cccc(B(O)O)c3)C(=O)[C@@H]2C1. The fourth-order valence-electron chi connectivity index (χ4n) is 6.27. The number of aromatic hydroxyl groups is 1.